The van der Waals surface area contributed by atoms with Crippen molar-refractivity contribution in [3.8, 4) is 0 Å². The van der Waals surface area contributed by atoms with Crippen molar-refractivity contribution in [2.45, 2.75) is 45.0 Å². The molecule has 1 saturated heterocycles. The number of ether oxygens (including phenoxy) is 2. The lowest BCUT2D eigenvalue weighted by Crippen LogP contribution is -2.51. The zero-order chi connectivity index (χ0) is 11.6. The van der Waals surface area contributed by atoms with Gasteiger partial charge in [-0.05, 0) is 33.4 Å². The third-order valence-electron chi connectivity index (χ3n) is 3.13. The van der Waals surface area contributed by atoms with E-state index in [2.05, 4.69) is 39.8 Å². The van der Waals surface area contributed by atoms with Crippen molar-refractivity contribution in [2.75, 3.05) is 20.7 Å². The molecule has 15 heavy (non-hydrogen) atoms. The van der Waals surface area contributed by atoms with Crippen molar-refractivity contribution in [1.29, 1.82) is 0 Å². The molecular weight excluding hydrogens is 189 g/mol. The summed E-state index contributed by atoms with van der Waals surface area (Å²) >= 11 is 0. The second-order valence-electron chi connectivity index (χ2n) is 5.10. The number of rotatable bonds is 4. The van der Waals surface area contributed by atoms with Crippen LogP contribution in [0.4, 0.5) is 0 Å². The molecule has 0 amide bonds. The lowest BCUT2D eigenvalue weighted by molar-refractivity contribution is -0.0794. The molecule has 1 heterocycles. The van der Waals surface area contributed by atoms with Gasteiger partial charge in [0.25, 0.3) is 0 Å². The van der Waals surface area contributed by atoms with Crippen LogP contribution in [0.25, 0.3) is 0 Å². The molecule has 0 bridgehead atoms. The van der Waals surface area contributed by atoms with E-state index in [4.69, 9.17) is 17.3 Å². The SMILES string of the molecule is [B]C1OCC(CC(C)C)(C(C)N(C)C)O1. The molecule has 0 spiro atoms. The Morgan fingerprint density at radius 3 is 2.33 bits per heavy atom. The van der Waals surface area contributed by atoms with Gasteiger partial charge in [-0.3, -0.25) is 0 Å². The van der Waals surface area contributed by atoms with Gasteiger partial charge < -0.3 is 14.4 Å². The zero-order valence-corrected chi connectivity index (χ0v) is 10.5. The zero-order valence-electron chi connectivity index (χ0n) is 10.5. The van der Waals surface area contributed by atoms with E-state index >= 15 is 0 Å². The van der Waals surface area contributed by atoms with E-state index in [0.717, 1.165) is 6.42 Å². The van der Waals surface area contributed by atoms with E-state index in [-0.39, 0.29) is 5.60 Å². The van der Waals surface area contributed by atoms with Crippen LogP contribution >= 0.6 is 0 Å². The first-order valence-corrected chi connectivity index (χ1v) is 5.59. The first-order chi connectivity index (χ1) is 6.87. The van der Waals surface area contributed by atoms with E-state index in [1.807, 2.05) is 0 Å². The maximum Gasteiger partial charge on any atom is 0.149 e. The summed E-state index contributed by atoms with van der Waals surface area (Å²) in [7, 11) is 9.77. The van der Waals surface area contributed by atoms with Crippen LogP contribution in [0, 0.1) is 5.92 Å². The van der Waals surface area contributed by atoms with Crippen molar-refractivity contribution in [2.24, 2.45) is 5.92 Å². The fourth-order valence-corrected chi connectivity index (χ4v) is 2.18. The number of hydrogen-bond donors (Lipinski definition) is 0. The molecule has 0 aromatic carbocycles. The summed E-state index contributed by atoms with van der Waals surface area (Å²) < 4.78 is 11.2. The van der Waals surface area contributed by atoms with Crippen LogP contribution in [0.15, 0.2) is 0 Å². The quantitative estimate of drug-likeness (QED) is 0.652. The molecular formula is C11H22BNO2. The molecule has 86 valence electrons. The van der Waals surface area contributed by atoms with Gasteiger partial charge in [-0.1, -0.05) is 13.8 Å². The predicted octanol–water partition coefficient (Wildman–Crippen LogP) is 1.22. The highest BCUT2D eigenvalue weighted by atomic mass is 16.7. The van der Waals surface area contributed by atoms with Crippen LogP contribution in [0.2, 0.25) is 0 Å². The van der Waals surface area contributed by atoms with Gasteiger partial charge in [0.1, 0.15) is 19.6 Å². The van der Waals surface area contributed by atoms with Gasteiger partial charge in [-0.25, -0.2) is 0 Å². The van der Waals surface area contributed by atoms with Gasteiger partial charge in [0.15, 0.2) is 0 Å². The summed E-state index contributed by atoms with van der Waals surface area (Å²) in [6, 6.07) is 0.299. The lowest BCUT2D eigenvalue weighted by Gasteiger charge is -2.38. The fraction of sp³-hybridized carbons (Fsp3) is 1.00. The van der Waals surface area contributed by atoms with Crippen LogP contribution in [0.5, 0.6) is 0 Å². The van der Waals surface area contributed by atoms with Crippen LogP contribution in [-0.2, 0) is 9.47 Å². The third kappa shape index (κ3) is 2.96. The van der Waals surface area contributed by atoms with Crippen LogP contribution in [0.3, 0.4) is 0 Å². The summed E-state index contributed by atoms with van der Waals surface area (Å²) in [4.78, 5) is 2.16. The highest BCUT2D eigenvalue weighted by Crippen LogP contribution is 2.33. The molecule has 2 radical (unpaired) electrons. The highest BCUT2D eigenvalue weighted by molar-refractivity contribution is 6.10. The highest BCUT2D eigenvalue weighted by Gasteiger charge is 2.45. The molecule has 4 heteroatoms. The average molecular weight is 211 g/mol. The van der Waals surface area contributed by atoms with Crippen molar-refractivity contribution < 1.29 is 9.47 Å². The predicted molar refractivity (Wildman–Crippen MR) is 61.9 cm³/mol. The van der Waals surface area contributed by atoms with Crippen molar-refractivity contribution >= 4 is 7.85 Å². The molecule has 1 aliphatic heterocycles. The van der Waals surface area contributed by atoms with E-state index in [1.54, 1.807) is 0 Å². The molecule has 1 aliphatic rings. The smallest absolute Gasteiger partial charge is 0.149 e. The first kappa shape index (κ1) is 13.0. The lowest BCUT2D eigenvalue weighted by atomic mass is 9.86. The maximum absolute atomic E-state index is 5.80. The first-order valence-electron chi connectivity index (χ1n) is 5.59. The van der Waals surface area contributed by atoms with Gasteiger partial charge in [0.05, 0.1) is 6.61 Å². The summed E-state index contributed by atoms with van der Waals surface area (Å²) in [6.45, 7) is 7.13. The monoisotopic (exact) mass is 211 g/mol. The minimum atomic E-state index is -0.564. The van der Waals surface area contributed by atoms with Gasteiger partial charge in [0, 0.05) is 6.04 Å². The van der Waals surface area contributed by atoms with E-state index in [1.165, 1.54) is 0 Å². The summed E-state index contributed by atoms with van der Waals surface area (Å²) in [6.07, 6.45) is 0.409. The van der Waals surface area contributed by atoms with E-state index in [0.29, 0.717) is 18.6 Å². The largest absolute Gasteiger partial charge is 0.359 e. The maximum atomic E-state index is 5.80. The Labute approximate surface area is 94.5 Å². The Bertz CT molecular complexity index is 211. The Balaban J connectivity index is 2.77. The molecule has 0 aliphatic carbocycles. The standard InChI is InChI=1S/C11H22BNO2/c1-8(2)6-11(9(3)13(4)5)7-14-10(12)15-11/h8-10H,6-7H2,1-5H3. The summed E-state index contributed by atoms with van der Waals surface area (Å²) in [5.74, 6) is 0.571. The Hall–Kier alpha value is -0.0551. The molecule has 3 atom stereocenters. The number of likely N-dealkylation sites (N-methyl/N-ethyl adjacent to an activating group) is 1. The second-order valence-corrected chi connectivity index (χ2v) is 5.10. The van der Waals surface area contributed by atoms with Crippen LogP contribution in [-0.4, -0.2) is 51.3 Å². The second kappa shape index (κ2) is 4.85. The summed E-state index contributed by atoms with van der Waals surface area (Å²) in [5, 5.41) is 0. The van der Waals surface area contributed by atoms with Gasteiger partial charge in [-0.15, -0.1) is 0 Å². The number of nitrogens with zero attached hydrogens (tertiary/aromatic N) is 1. The van der Waals surface area contributed by atoms with E-state index < -0.39 is 6.19 Å². The van der Waals surface area contributed by atoms with Crippen molar-refractivity contribution in [3.63, 3.8) is 0 Å². The van der Waals surface area contributed by atoms with Crippen LogP contribution in [0.1, 0.15) is 27.2 Å². The van der Waals surface area contributed by atoms with Gasteiger partial charge in [-0.2, -0.15) is 0 Å². The molecule has 0 aromatic rings. The van der Waals surface area contributed by atoms with Crippen molar-refractivity contribution in [3.05, 3.63) is 0 Å². The normalized spacial score (nSPS) is 33.9. The summed E-state index contributed by atoms with van der Waals surface area (Å²) in [5.41, 5.74) is -0.253. The van der Waals surface area contributed by atoms with Gasteiger partial charge in [0.2, 0.25) is 0 Å². The number of hydrogen-bond acceptors (Lipinski definition) is 3. The van der Waals surface area contributed by atoms with Gasteiger partial charge >= 0.3 is 0 Å². The molecule has 1 fully saturated rings. The molecule has 0 saturated carbocycles. The minimum Gasteiger partial charge on any atom is -0.359 e. The van der Waals surface area contributed by atoms with Crippen molar-refractivity contribution in [1.82, 2.24) is 4.90 Å². The Morgan fingerprint density at radius 1 is 1.40 bits per heavy atom. The topological polar surface area (TPSA) is 21.7 Å². The Kier molecular flexibility index (Phi) is 4.21. The minimum absolute atomic E-state index is 0.253. The molecule has 3 nitrogen and oxygen atoms in total. The molecule has 1 rings (SSSR count). The molecule has 0 N–H and O–H groups in total. The third-order valence-corrected chi connectivity index (χ3v) is 3.13. The fourth-order valence-electron chi connectivity index (χ4n) is 2.18. The van der Waals surface area contributed by atoms with E-state index in [9.17, 15) is 0 Å². The molecule has 0 aromatic heterocycles. The average Bonchev–Trinajstić information content (AvgIpc) is 2.46. The Morgan fingerprint density at radius 2 is 2.00 bits per heavy atom. The molecule has 3 unspecified atom stereocenters. The van der Waals surface area contributed by atoms with Crippen LogP contribution < -0.4 is 0 Å².